The van der Waals surface area contributed by atoms with Gasteiger partial charge in [-0.05, 0) is 24.1 Å². The number of rotatable bonds is 2. The van der Waals surface area contributed by atoms with Gasteiger partial charge in [0.2, 0.25) is 0 Å². The van der Waals surface area contributed by atoms with Gasteiger partial charge in [-0.3, -0.25) is 0 Å². The van der Waals surface area contributed by atoms with E-state index in [0.717, 1.165) is 12.0 Å². The SMILES string of the molecule is CC(Br)Cc1ccc(F)cc1Cl. The first kappa shape index (κ1) is 10.0. The molecule has 1 rings (SSSR count). The van der Waals surface area contributed by atoms with Gasteiger partial charge in [0.1, 0.15) is 5.82 Å². The summed E-state index contributed by atoms with van der Waals surface area (Å²) in [6.45, 7) is 2.03. The van der Waals surface area contributed by atoms with Crippen molar-refractivity contribution in [2.45, 2.75) is 18.2 Å². The zero-order valence-corrected chi connectivity index (χ0v) is 8.99. The second-order valence-electron chi connectivity index (χ2n) is 2.72. The van der Waals surface area contributed by atoms with E-state index < -0.39 is 0 Å². The van der Waals surface area contributed by atoms with E-state index in [4.69, 9.17) is 11.6 Å². The Morgan fingerprint density at radius 3 is 2.75 bits per heavy atom. The van der Waals surface area contributed by atoms with Gasteiger partial charge in [-0.25, -0.2) is 4.39 Å². The van der Waals surface area contributed by atoms with E-state index in [1.54, 1.807) is 6.07 Å². The lowest BCUT2D eigenvalue weighted by Crippen LogP contribution is -1.97. The molecule has 0 N–H and O–H groups in total. The van der Waals surface area contributed by atoms with Crippen molar-refractivity contribution in [2.24, 2.45) is 0 Å². The third kappa shape index (κ3) is 2.76. The van der Waals surface area contributed by atoms with Crippen LogP contribution >= 0.6 is 27.5 Å². The molecule has 0 aliphatic rings. The van der Waals surface area contributed by atoms with Gasteiger partial charge in [0, 0.05) is 9.85 Å². The molecule has 0 aromatic heterocycles. The molecule has 0 nitrogen and oxygen atoms in total. The fraction of sp³-hybridized carbons (Fsp3) is 0.333. The van der Waals surface area contributed by atoms with Gasteiger partial charge >= 0.3 is 0 Å². The van der Waals surface area contributed by atoms with E-state index in [2.05, 4.69) is 15.9 Å². The Labute approximate surface area is 84.9 Å². The van der Waals surface area contributed by atoms with Crippen LogP contribution in [0.2, 0.25) is 5.02 Å². The van der Waals surface area contributed by atoms with Crippen molar-refractivity contribution in [3.63, 3.8) is 0 Å². The summed E-state index contributed by atoms with van der Waals surface area (Å²) in [5, 5.41) is 0.501. The van der Waals surface area contributed by atoms with Gasteiger partial charge < -0.3 is 0 Å². The first-order valence-electron chi connectivity index (χ1n) is 3.67. The minimum atomic E-state index is -0.286. The maximum Gasteiger partial charge on any atom is 0.124 e. The number of hydrogen-bond donors (Lipinski definition) is 0. The summed E-state index contributed by atoms with van der Waals surface area (Å²) in [6, 6.07) is 4.48. The van der Waals surface area contributed by atoms with Gasteiger partial charge in [-0.1, -0.05) is 40.5 Å². The highest BCUT2D eigenvalue weighted by Gasteiger charge is 2.04. The molecule has 0 spiro atoms. The summed E-state index contributed by atoms with van der Waals surface area (Å²) in [5.41, 5.74) is 0.974. The molecule has 0 aliphatic carbocycles. The fourth-order valence-electron chi connectivity index (χ4n) is 0.990. The van der Waals surface area contributed by atoms with Gasteiger partial charge in [-0.15, -0.1) is 0 Å². The molecular weight excluding hydrogens is 242 g/mol. The maximum absolute atomic E-state index is 12.6. The second kappa shape index (κ2) is 4.24. The van der Waals surface area contributed by atoms with Crippen molar-refractivity contribution in [3.05, 3.63) is 34.6 Å². The van der Waals surface area contributed by atoms with Crippen molar-refractivity contribution in [1.82, 2.24) is 0 Å². The molecule has 0 heterocycles. The molecule has 0 bridgehead atoms. The minimum absolute atomic E-state index is 0.286. The Hall–Kier alpha value is -0.0800. The summed E-state index contributed by atoms with van der Waals surface area (Å²) in [6.07, 6.45) is 0.819. The van der Waals surface area contributed by atoms with E-state index >= 15 is 0 Å². The topological polar surface area (TPSA) is 0 Å². The molecule has 0 radical (unpaired) electrons. The molecule has 0 fully saturated rings. The lowest BCUT2D eigenvalue weighted by atomic mass is 10.1. The molecule has 0 aliphatic heterocycles. The Morgan fingerprint density at radius 1 is 1.58 bits per heavy atom. The predicted molar refractivity (Wildman–Crippen MR) is 53.5 cm³/mol. The Bertz CT molecular complexity index is 273. The molecule has 1 atom stereocenters. The summed E-state index contributed by atoms with van der Waals surface area (Å²) in [7, 11) is 0. The van der Waals surface area contributed by atoms with E-state index in [9.17, 15) is 4.39 Å². The van der Waals surface area contributed by atoms with Crippen molar-refractivity contribution in [1.29, 1.82) is 0 Å². The Kier molecular flexibility index (Phi) is 3.53. The second-order valence-corrected chi connectivity index (χ2v) is 4.69. The van der Waals surface area contributed by atoms with Crippen molar-refractivity contribution in [3.8, 4) is 0 Å². The standard InChI is InChI=1S/C9H9BrClF/c1-6(10)4-7-2-3-8(12)5-9(7)11/h2-3,5-6H,4H2,1H3. The molecule has 12 heavy (non-hydrogen) atoms. The number of benzene rings is 1. The largest absolute Gasteiger partial charge is 0.207 e. The molecule has 66 valence electrons. The van der Waals surface area contributed by atoms with Crippen LogP contribution in [0.25, 0.3) is 0 Å². The van der Waals surface area contributed by atoms with Crippen LogP contribution in [0.3, 0.4) is 0 Å². The molecule has 3 heteroatoms. The number of hydrogen-bond acceptors (Lipinski definition) is 0. The predicted octanol–water partition coefficient (Wildman–Crippen LogP) is 3.81. The molecule has 0 saturated heterocycles. The van der Waals surface area contributed by atoms with Gasteiger partial charge in [0.15, 0.2) is 0 Å². The van der Waals surface area contributed by atoms with Crippen molar-refractivity contribution in [2.75, 3.05) is 0 Å². The number of halogens is 3. The average Bonchev–Trinajstić information content (AvgIpc) is 1.94. The first-order valence-corrected chi connectivity index (χ1v) is 4.97. The molecule has 1 unspecified atom stereocenters. The van der Waals surface area contributed by atoms with Crippen LogP contribution in [0.15, 0.2) is 18.2 Å². The molecule has 1 aromatic rings. The Morgan fingerprint density at radius 2 is 2.25 bits per heavy atom. The smallest absolute Gasteiger partial charge is 0.124 e. The van der Waals surface area contributed by atoms with E-state index in [-0.39, 0.29) is 5.82 Å². The van der Waals surface area contributed by atoms with E-state index in [1.165, 1.54) is 12.1 Å². The molecular formula is C9H9BrClF. The lowest BCUT2D eigenvalue weighted by Gasteiger charge is -2.05. The molecule has 0 amide bonds. The lowest BCUT2D eigenvalue weighted by molar-refractivity contribution is 0.627. The van der Waals surface area contributed by atoms with Crippen LogP contribution in [0.5, 0.6) is 0 Å². The quantitative estimate of drug-likeness (QED) is 0.701. The van der Waals surface area contributed by atoms with Gasteiger partial charge in [0.05, 0.1) is 0 Å². The summed E-state index contributed by atoms with van der Waals surface area (Å²) in [4.78, 5) is 0.362. The van der Waals surface area contributed by atoms with Crippen LogP contribution in [-0.2, 0) is 6.42 Å². The van der Waals surface area contributed by atoms with Crippen LogP contribution in [0.1, 0.15) is 12.5 Å². The summed E-state index contributed by atoms with van der Waals surface area (Å²) >= 11 is 9.22. The number of alkyl halides is 1. The highest BCUT2D eigenvalue weighted by atomic mass is 79.9. The highest BCUT2D eigenvalue weighted by molar-refractivity contribution is 9.09. The van der Waals surface area contributed by atoms with Crippen LogP contribution in [-0.4, -0.2) is 4.83 Å². The monoisotopic (exact) mass is 250 g/mol. The van der Waals surface area contributed by atoms with E-state index in [0.29, 0.717) is 9.85 Å². The summed E-state index contributed by atoms with van der Waals surface area (Å²) < 4.78 is 12.6. The van der Waals surface area contributed by atoms with Crippen LogP contribution in [0, 0.1) is 5.82 Å². The van der Waals surface area contributed by atoms with Crippen LogP contribution in [0.4, 0.5) is 4.39 Å². The zero-order chi connectivity index (χ0) is 9.14. The molecule has 1 aromatic carbocycles. The Balaban J connectivity index is 2.86. The third-order valence-electron chi connectivity index (χ3n) is 1.52. The zero-order valence-electron chi connectivity index (χ0n) is 6.65. The fourth-order valence-corrected chi connectivity index (χ4v) is 1.58. The van der Waals surface area contributed by atoms with Gasteiger partial charge in [0.25, 0.3) is 0 Å². The van der Waals surface area contributed by atoms with Crippen LogP contribution < -0.4 is 0 Å². The normalized spacial score (nSPS) is 13.0. The average molecular weight is 252 g/mol. The van der Waals surface area contributed by atoms with Crippen molar-refractivity contribution < 1.29 is 4.39 Å². The minimum Gasteiger partial charge on any atom is -0.207 e. The van der Waals surface area contributed by atoms with E-state index in [1.807, 2.05) is 6.92 Å². The first-order chi connectivity index (χ1) is 5.59. The maximum atomic E-state index is 12.6. The van der Waals surface area contributed by atoms with Crippen molar-refractivity contribution >= 4 is 27.5 Å². The third-order valence-corrected chi connectivity index (χ3v) is 2.19. The molecule has 0 saturated carbocycles. The summed E-state index contributed by atoms with van der Waals surface area (Å²) in [5.74, 6) is -0.286. The highest BCUT2D eigenvalue weighted by Crippen LogP contribution is 2.20. The van der Waals surface area contributed by atoms with Gasteiger partial charge in [-0.2, -0.15) is 0 Å².